The Morgan fingerprint density at radius 1 is 1.11 bits per heavy atom. The molecule has 3 N–H and O–H groups in total. The number of rotatable bonds is 4. The smallest absolute Gasteiger partial charge is 0.262 e. The molecule has 0 radical (unpaired) electrons. The van der Waals surface area contributed by atoms with Gasteiger partial charge in [0, 0.05) is 6.07 Å². The van der Waals surface area contributed by atoms with Crippen LogP contribution in [-0.2, 0) is 14.8 Å². The van der Waals surface area contributed by atoms with Crippen LogP contribution in [0.5, 0.6) is 0 Å². The minimum atomic E-state index is -4.27. The summed E-state index contributed by atoms with van der Waals surface area (Å²) in [7, 11) is -4.27. The standard InChI is InChI=1S/C18H17F2N3O4S/c1-3-18(2)17(25)21-14-7-5-11(9-12(14)16(24)22-18)28(26,27)23-15-6-4-10(19)8-13(15)20/h4-9,23H,3H2,1-2H3,(H,21,25)(H,22,24)/t18-/m0/s1. The van der Waals surface area contributed by atoms with Gasteiger partial charge in [-0.2, -0.15) is 0 Å². The number of hydrogen-bond acceptors (Lipinski definition) is 4. The zero-order chi connectivity index (χ0) is 20.7. The molecular weight excluding hydrogens is 392 g/mol. The van der Waals surface area contributed by atoms with E-state index in [9.17, 15) is 26.8 Å². The van der Waals surface area contributed by atoms with Crippen molar-refractivity contribution < 1.29 is 26.8 Å². The van der Waals surface area contributed by atoms with Crippen LogP contribution >= 0.6 is 0 Å². The first-order valence-electron chi connectivity index (χ1n) is 8.31. The van der Waals surface area contributed by atoms with Crippen molar-refractivity contribution in [1.82, 2.24) is 5.32 Å². The summed E-state index contributed by atoms with van der Waals surface area (Å²) in [4.78, 5) is 24.5. The van der Waals surface area contributed by atoms with Gasteiger partial charge in [0.1, 0.15) is 17.2 Å². The molecule has 0 fully saturated rings. The molecule has 0 saturated heterocycles. The molecule has 0 unspecified atom stereocenters. The largest absolute Gasteiger partial charge is 0.338 e. The fourth-order valence-corrected chi connectivity index (χ4v) is 3.74. The van der Waals surface area contributed by atoms with E-state index < -0.39 is 44.7 Å². The van der Waals surface area contributed by atoms with Crippen LogP contribution in [0.15, 0.2) is 41.3 Å². The molecule has 148 valence electrons. The van der Waals surface area contributed by atoms with Crippen molar-refractivity contribution in [3.05, 3.63) is 53.6 Å². The molecule has 1 aliphatic heterocycles. The molecule has 3 rings (SSSR count). The van der Waals surface area contributed by atoms with E-state index in [-0.39, 0.29) is 16.1 Å². The van der Waals surface area contributed by atoms with Crippen molar-refractivity contribution in [2.75, 3.05) is 10.0 Å². The second kappa shape index (κ2) is 6.86. The number of benzene rings is 2. The Morgan fingerprint density at radius 3 is 2.46 bits per heavy atom. The van der Waals surface area contributed by atoms with Crippen molar-refractivity contribution in [1.29, 1.82) is 0 Å². The van der Waals surface area contributed by atoms with Gasteiger partial charge < -0.3 is 10.6 Å². The monoisotopic (exact) mass is 409 g/mol. The van der Waals surface area contributed by atoms with Crippen LogP contribution in [0.3, 0.4) is 0 Å². The van der Waals surface area contributed by atoms with Gasteiger partial charge in [-0.3, -0.25) is 14.3 Å². The van der Waals surface area contributed by atoms with E-state index in [1.165, 1.54) is 12.1 Å². The lowest BCUT2D eigenvalue weighted by Gasteiger charge is -2.25. The molecule has 0 aliphatic carbocycles. The average molecular weight is 409 g/mol. The zero-order valence-corrected chi connectivity index (χ0v) is 15.8. The normalized spacial score (nSPS) is 19.3. The Bertz CT molecular complexity index is 1090. The Balaban J connectivity index is 1.98. The van der Waals surface area contributed by atoms with Crippen LogP contribution in [0.25, 0.3) is 0 Å². The third-order valence-corrected chi connectivity index (χ3v) is 5.93. The number of anilines is 2. The number of amides is 2. The Hall–Kier alpha value is -3.01. The molecule has 0 spiro atoms. The topological polar surface area (TPSA) is 104 Å². The third kappa shape index (κ3) is 3.55. The van der Waals surface area contributed by atoms with Crippen molar-refractivity contribution in [2.45, 2.75) is 30.7 Å². The van der Waals surface area contributed by atoms with E-state index in [2.05, 4.69) is 10.6 Å². The van der Waals surface area contributed by atoms with E-state index in [1.807, 2.05) is 4.72 Å². The van der Waals surface area contributed by atoms with Crippen LogP contribution in [-0.4, -0.2) is 25.8 Å². The number of carbonyl (C=O) groups excluding carboxylic acids is 2. The molecule has 0 saturated carbocycles. The fraction of sp³-hybridized carbons (Fsp3) is 0.222. The predicted octanol–water partition coefficient (Wildman–Crippen LogP) is 2.62. The molecule has 1 heterocycles. The summed E-state index contributed by atoms with van der Waals surface area (Å²) in [6.07, 6.45) is 0.328. The van der Waals surface area contributed by atoms with Crippen molar-refractivity contribution in [3.63, 3.8) is 0 Å². The highest BCUT2D eigenvalue weighted by atomic mass is 32.2. The lowest BCUT2D eigenvalue weighted by atomic mass is 9.98. The molecule has 0 aromatic heterocycles. The highest BCUT2D eigenvalue weighted by Crippen LogP contribution is 2.27. The second-order valence-corrected chi connectivity index (χ2v) is 8.21. The van der Waals surface area contributed by atoms with Crippen molar-refractivity contribution in [3.8, 4) is 0 Å². The highest BCUT2D eigenvalue weighted by molar-refractivity contribution is 7.92. The number of carbonyl (C=O) groups is 2. The van der Waals surface area contributed by atoms with Gasteiger partial charge in [-0.15, -0.1) is 0 Å². The number of halogens is 2. The lowest BCUT2D eigenvalue weighted by molar-refractivity contribution is -0.121. The average Bonchev–Trinajstić information content (AvgIpc) is 2.72. The van der Waals surface area contributed by atoms with E-state index in [4.69, 9.17) is 0 Å². The van der Waals surface area contributed by atoms with Gasteiger partial charge in [0.25, 0.3) is 15.9 Å². The second-order valence-electron chi connectivity index (χ2n) is 6.53. The Labute approximate surface area is 160 Å². The number of fused-ring (bicyclic) bond motifs is 1. The van der Waals surface area contributed by atoms with Crippen molar-refractivity contribution >= 4 is 33.2 Å². The molecule has 1 atom stereocenters. The van der Waals surface area contributed by atoms with Crippen LogP contribution < -0.4 is 15.4 Å². The molecule has 10 heteroatoms. The number of hydrogen-bond donors (Lipinski definition) is 3. The lowest BCUT2D eigenvalue weighted by Crippen LogP contribution is -2.52. The van der Waals surface area contributed by atoms with Gasteiger partial charge >= 0.3 is 0 Å². The summed E-state index contributed by atoms with van der Waals surface area (Å²) in [6, 6.07) is 5.94. The van der Waals surface area contributed by atoms with Crippen LogP contribution in [0.2, 0.25) is 0 Å². The first kappa shape index (κ1) is 19.7. The first-order valence-corrected chi connectivity index (χ1v) is 9.80. The number of nitrogens with one attached hydrogen (secondary N) is 3. The maximum Gasteiger partial charge on any atom is 0.262 e. The fourth-order valence-electron chi connectivity index (χ4n) is 2.65. The molecule has 2 aromatic rings. The Kier molecular flexibility index (Phi) is 4.84. The van der Waals surface area contributed by atoms with Crippen molar-refractivity contribution in [2.24, 2.45) is 0 Å². The summed E-state index contributed by atoms with van der Waals surface area (Å²) in [5, 5.41) is 5.19. The first-order chi connectivity index (χ1) is 13.1. The van der Waals surface area contributed by atoms with Gasteiger partial charge in [-0.25, -0.2) is 17.2 Å². The minimum Gasteiger partial charge on any atom is -0.338 e. The quantitative estimate of drug-likeness (QED) is 0.722. The van der Waals surface area contributed by atoms with E-state index in [0.29, 0.717) is 12.5 Å². The molecule has 7 nitrogen and oxygen atoms in total. The van der Waals surface area contributed by atoms with E-state index in [0.717, 1.165) is 18.2 Å². The summed E-state index contributed by atoms with van der Waals surface area (Å²) in [5.74, 6) is -2.98. The third-order valence-electron chi connectivity index (χ3n) is 4.57. The number of sulfonamides is 1. The van der Waals surface area contributed by atoms with Gasteiger partial charge in [-0.1, -0.05) is 6.92 Å². The molecule has 2 aromatic carbocycles. The predicted molar refractivity (Wildman–Crippen MR) is 98.4 cm³/mol. The van der Waals surface area contributed by atoms with Gasteiger partial charge in [0.2, 0.25) is 5.91 Å². The molecule has 1 aliphatic rings. The van der Waals surface area contributed by atoms with Gasteiger partial charge in [0.15, 0.2) is 0 Å². The van der Waals surface area contributed by atoms with Crippen LogP contribution in [0, 0.1) is 11.6 Å². The minimum absolute atomic E-state index is 0.0482. The Morgan fingerprint density at radius 2 is 1.82 bits per heavy atom. The summed E-state index contributed by atoms with van der Waals surface area (Å²) in [5.41, 5.74) is -1.47. The van der Waals surface area contributed by atoms with Crippen LogP contribution in [0.1, 0.15) is 30.6 Å². The zero-order valence-electron chi connectivity index (χ0n) is 15.0. The summed E-state index contributed by atoms with van der Waals surface area (Å²) in [6.45, 7) is 3.29. The van der Waals surface area contributed by atoms with Gasteiger partial charge in [0.05, 0.1) is 21.8 Å². The molecule has 28 heavy (non-hydrogen) atoms. The maximum absolute atomic E-state index is 13.8. The molecule has 2 amide bonds. The summed E-state index contributed by atoms with van der Waals surface area (Å²) < 4.78 is 53.9. The molecular formula is C18H17F2N3O4S. The van der Waals surface area contributed by atoms with E-state index in [1.54, 1.807) is 13.8 Å². The SMILES string of the molecule is CC[C@]1(C)NC(=O)c2cc(S(=O)(=O)Nc3ccc(F)cc3F)ccc2NC1=O. The molecule has 0 bridgehead atoms. The summed E-state index contributed by atoms with van der Waals surface area (Å²) >= 11 is 0. The van der Waals surface area contributed by atoms with Crippen LogP contribution in [0.4, 0.5) is 20.2 Å². The maximum atomic E-state index is 13.8. The van der Waals surface area contributed by atoms with Gasteiger partial charge in [-0.05, 0) is 43.7 Å². The highest BCUT2D eigenvalue weighted by Gasteiger charge is 2.37. The van der Waals surface area contributed by atoms with E-state index >= 15 is 0 Å².